The van der Waals surface area contributed by atoms with E-state index in [1.165, 1.54) is 0 Å². The Morgan fingerprint density at radius 3 is 2.65 bits per heavy atom. The first kappa shape index (κ1) is 11.8. The molecule has 0 bridgehead atoms. The molecule has 1 N–H and O–H groups in total. The smallest absolute Gasteiger partial charge is 0.230 e. The van der Waals surface area contributed by atoms with Gasteiger partial charge in [0.25, 0.3) is 0 Å². The summed E-state index contributed by atoms with van der Waals surface area (Å²) in [5.74, 6) is 0.0993. The van der Waals surface area contributed by atoms with E-state index in [4.69, 9.17) is 0 Å². The van der Waals surface area contributed by atoms with Crippen molar-refractivity contribution in [2.75, 3.05) is 6.54 Å². The molecule has 2 rings (SSSR count). The molecule has 0 spiro atoms. The summed E-state index contributed by atoms with van der Waals surface area (Å²) in [6.45, 7) is 6.11. The first-order valence-electron chi connectivity index (χ1n) is 5.85. The Morgan fingerprint density at radius 1 is 1.41 bits per heavy atom. The van der Waals surface area contributed by atoms with Crippen molar-refractivity contribution in [3.05, 3.63) is 34.9 Å². The maximum absolute atomic E-state index is 11.9. The molecular formula is C14H17NO2. The fourth-order valence-corrected chi connectivity index (χ4v) is 2.35. The van der Waals surface area contributed by atoms with Gasteiger partial charge in [-0.25, -0.2) is 0 Å². The molecule has 1 atom stereocenters. The standard InChI is InChI=1S/C14H17NO2/c1-9-4-5-11(8-12(9)10(2)16)14(3)6-7-15-13(14)17/h4-5,8H,6-7H2,1-3H3,(H,15,17). The number of benzene rings is 1. The highest BCUT2D eigenvalue weighted by molar-refractivity contribution is 5.96. The van der Waals surface area contributed by atoms with Gasteiger partial charge in [0.15, 0.2) is 5.78 Å². The summed E-state index contributed by atoms with van der Waals surface area (Å²) < 4.78 is 0. The van der Waals surface area contributed by atoms with Gasteiger partial charge in [-0.1, -0.05) is 12.1 Å². The molecule has 0 aliphatic carbocycles. The van der Waals surface area contributed by atoms with Crippen LogP contribution in [0.15, 0.2) is 18.2 Å². The average molecular weight is 231 g/mol. The molecule has 17 heavy (non-hydrogen) atoms. The lowest BCUT2D eigenvalue weighted by atomic mass is 9.80. The van der Waals surface area contributed by atoms with Crippen LogP contribution >= 0.6 is 0 Å². The average Bonchev–Trinajstić information content (AvgIpc) is 2.60. The number of ketones is 1. The zero-order valence-corrected chi connectivity index (χ0v) is 10.5. The number of aryl methyl sites for hydroxylation is 1. The molecule has 3 heteroatoms. The maximum Gasteiger partial charge on any atom is 0.230 e. The minimum atomic E-state index is -0.488. The van der Waals surface area contributed by atoms with Crippen LogP contribution in [0, 0.1) is 6.92 Å². The topological polar surface area (TPSA) is 46.2 Å². The summed E-state index contributed by atoms with van der Waals surface area (Å²) in [6.07, 6.45) is 0.784. The molecule has 0 aromatic heterocycles. The lowest BCUT2D eigenvalue weighted by molar-refractivity contribution is -0.123. The quantitative estimate of drug-likeness (QED) is 0.791. The molecule has 1 saturated heterocycles. The third-order valence-electron chi connectivity index (χ3n) is 3.67. The summed E-state index contributed by atoms with van der Waals surface area (Å²) in [5, 5.41) is 2.85. The minimum absolute atomic E-state index is 0.0476. The van der Waals surface area contributed by atoms with Crippen LogP contribution in [0.4, 0.5) is 0 Å². The minimum Gasteiger partial charge on any atom is -0.355 e. The summed E-state index contributed by atoms with van der Waals surface area (Å²) in [7, 11) is 0. The summed E-state index contributed by atoms with van der Waals surface area (Å²) in [4.78, 5) is 23.4. The van der Waals surface area contributed by atoms with Gasteiger partial charge in [-0.05, 0) is 44.4 Å². The molecule has 0 radical (unpaired) electrons. The van der Waals surface area contributed by atoms with Crippen LogP contribution in [0.3, 0.4) is 0 Å². The Hall–Kier alpha value is -1.64. The fourth-order valence-electron chi connectivity index (χ4n) is 2.35. The zero-order valence-electron chi connectivity index (χ0n) is 10.5. The molecule has 1 aromatic carbocycles. The number of carbonyl (C=O) groups excluding carboxylic acids is 2. The van der Waals surface area contributed by atoms with Crippen LogP contribution in [0.25, 0.3) is 0 Å². The lowest BCUT2D eigenvalue weighted by Gasteiger charge is -2.22. The van der Waals surface area contributed by atoms with Crippen LogP contribution in [-0.4, -0.2) is 18.2 Å². The highest BCUT2D eigenvalue weighted by Gasteiger charge is 2.39. The van der Waals surface area contributed by atoms with Gasteiger partial charge in [0.1, 0.15) is 0 Å². The maximum atomic E-state index is 11.9. The number of hydrogen-bond acceptors (Lipinski definition) is 2. The van der Waals surface area contributed by atoms with Gasteiger partial charge in [0, 0.05) is 12.1 Å². The van der Waals surface area contributed by atoms with Crippen molar-refractivity contribution in [3.8, 4) is 0 Å². The molecule has 0 saturated carbocycles. The zero-order chi connectivity index (χ0) is 12.6. The van der Waals surface area contributed by atoms with Crippen LogP contribution in [0.5, 0.6) is 0 Å². The van der Waals surface area contributed by atoms with Crippen LogP contribution in [-0.2, 0) is 10.2 Å². The summed E-state index contributed by atoms with van der Waals surface area (Å²) in [5.41, 5.74) is 2.12. The van der Waals surface area contributed by atoms with Crippen LogP contribution in [0.2, 0.25) is 0 Å². The SMILES string of the molecule is CC(=O)c1cc(C2(C)CCNC2=O)ccc1C. The molecule has 1 aliphatic rings. The van der Waals surface area contributed by atoms with Crippen molar-refractivity contribution >= 4 is 11.7 Å². The number of amides is 1. The monoisotopic (exact) mass is 231 g/mol. The molecule has 1 aliphatic heterocycles. The van der Waals surface area contributed by atoms with E-state index in [0.29, 0.717) is 12.1 Å². The first-order chi connectivity index (χ1) is 7.95. The Bertz CT molecular complexity index is 493. The molecule has 90 valence electrons. The number of carbonyl (C=O) groups is 2. The van der Waals surface area contributed by atoms with Crippen molar-refractivity contribution in [1.82, 2.24) is 5.32 Å². The Balaban J connectivity index is 2.50. The predicted octanol–water partition coefficient (Wildman–Crippen LogP) is 1.98. The van der Waals surface area contributed by atoms with E-state index in [2.05, 4.69) is 5.32 Å². The van der Waals surface area contributed by atoms with E-state index in [1.807, 2.05) is 32.0 Å². The van der Waals surface area contributed by atoms with Crippen LogP contribution in [0.1, 0.15) is 41.8 Å². The molecule has 1 fully saturated rings. The van der Waals surface area contributed by atoms with E-state index in [0.717, 1.165) is 17.5 Å². The van der Waals surface area contributed by atoms with Gasteiger partial charge in [-0.2, -0.15) is 0 Å². The van der Waals surface area contributed by atoms with Crippen molar-refractivity contribution in [2.45, 2.75) is 32.6 Å². The largest absolute Gasteiger partial charge is 0.355 e. The van der Waals surface area contributed by atoms with Gasteiger partial charge in [0.2, 0.25) is 5.91 Å². The first-order valence-corrected chi connectivity index (χ1v) is 5.85. The lowest BCUT2D eigenvalue weighted by Crippen LogP contribution is -2.32. The van der Waals surface area contributed by atoms with Crippen molar-refractivity contribution in [2.24, 2.45) is 0 Å². The number of Topliss-reactive ketones (excluding diaryl/α,β-unsaturated/α-hetero) is 1. The predicted molar refractivity (Wildman–Crippen MR) is 66.2 cm³/mol. The van der Waals surface area contributed by atoms with Gasteiger partial charge >= 0.3 is 0 Å². The van der Waals surface area contributed by atoms with Gasteiger partial charge in [0.05, 0.1) is 5.41 Å². The molecule has 1 aromatic rings. The third kappa shape index (κ3) is 1.86. The summed E-state index contributed by atoms with van der Waals surface area (Å²) in [6, 6.07) is 5.73. The van der Waals surface area contributed by atoms with Crippen molar-refractivity contribution < 1.29 is 9.59 Å². The van der Waals surface area contributed by atoms with E-state index >= 15 is 0 Å². The van der Waals surface area contributed by atoms with Crippen molar-refractivity contribution in [3.63, 3.8) is 0 Å². The molecule has 3 nitrogen and oxygen atoms in total. The van der Waals surface area contributed by atoms with Crippen molar-refractivity contribution in [1.29, 1.82) is 0 Å². The van der Waals surface area contributed by atoms with E-state index in [1.54, 1.807) is 6.92 Å². The normalized spacial score (nSPS) is 23.6. The molecule has 1 amide bonds. The second kappa shape index (κ2) is 3.99. The van der Waals surface area contributed by atoms with E-state index in [9.17, 15) is 9.59 Å². The van der Waals surface area contributed by atoms with Gasteiger partial charge in [-0.3, -0.25) is 9.59 Å². The summed E-state index contributed by atoms with van der Waals surface area (Å²) >= 11 is 0. The number of nitrogens with one attached hydrogen (secondary N) is 1. The number of rotatable bonds is 2. The van der Waals surface area contributed by atoms with E-state index < -0.39 is 5.41 Å². The molecular weight excluding hydrogens is 214 g/mol. The fraction of sp³-hybridized carbons (Fsp3) is 0.429. The highest BCUT2D eigenvalue weighted by atomic mass is 16.2. The molecule has 1 heterocycles. The Morgan fingerprint density at radius 2 is 2.12 bits per heavy atom. The number of hydrogen-bond donors (Lipinski definition) is 1. The highest BCUT2D eigenvalue weighted by Crippen LogP contribution is 2.32. The van der Waals surface area contributed by atoms with Gasteiger partial charge in [-0.15, -0.1) is 0 Å². The Labute approximate surface area is 101 Å². The van der Waals surface area contributed by atoms with E-state index in [-0.39, 0.29) is 11.7 Å². The molecule has 1 unspecified atom stereocenters. The third-order valence-corrected chi connectivity index (χ3v) is 3.67. The Kier molecular flexibility index (Phi) is 2.77. The van der Waals surface area contributed by atoms with Crippen LogP contribution < -0.4 is 5.32 Å². The second-order valence-corrected chi connectivity index (χ2v) is 4.92. The van der Waals surface area contributed by atoms with Gasteiger partial charge < -0.3 is 5.32 Å². The second-order valence-electron chi connectivity index (χ2n) is 4.92.